The molecular weight excluding hydrogens is 569 g/mol. The summed E-state index contributed by atoms with van der Waals surface area (Å²) in [6, 6.07) is 17.1. The zero-order valence-corrected chi connectivity index (χ0v) is 22.3. The summed E-state index contributed by atoms with van der Waals surface area (Å²) in [6.07, 6.45) is -1.17. The van der Waals surface area contributed by atoms with Crippen LogP contribution >= 0.6 is 0 Å². The van der Waals surface area contributed by atoms with Crippen LogP contribution in [-0.2, 0) is 16.0 Å². The number of nitrogens with one attached hydrogen (secondary N) is 2. The molecule has 0 fully saturated rings. The minimum Gasteiger partial charge on any atom is -0.435 e. The summed E-state index contributed by atoms with van der Waals surface area (Å²) >= 11 is 0. The smallest absolute Gasteiger partial charge is 0.434 e. The lowest BCUT2D eigenvalue weighted by atomic mass is 10.0. The fourth-order valence-corrected chi connectivity index (χ4v) is 5.04. The van der Waals surface area contributed by atoms with Crippen LogP contribution in [0.5, 0.6) is 5.75 Å². The van der Waals surface area contributed by atoms with Crippen LogP contribution < -0.4 is 20.7 Å². The van der Waals surface area contributed by atoms with Gasteiger partial charge in [-0.3, -0.25) is 5.01 Å². The summed E-state index contributed by atoms with van der Waals surface area (Å²) < 4.78 is 96.3. The van der Waals surface area contributed by atoms with E-state index < -0.39 is 28.3 Å². The number of nitrogens with zero attached hydrogens (tertiary/aromatic N) is 3. The largest absolute Gasteiger partial charge is 0.435 e. The van der Waals surface area contributed by atoms with Gasteiger partial charge in [0.15, 0.2) is 15.5 Å². The Balaban J connectivity index is 1.67. The van der Waals surface area contributed by atoms with Crippen molar-refractivity contribution in [3.63, 3.8) is 0 Å². The fourth-order valence-electron chi connectivity index (χ4n) is 4.37. The van der Waals surface area contributed by atoms with Crippen molar-refractivity contribution in [1.82, 2.24) is 20.5 Å². The molecule has 3 aromatic carbocycles. The van der Waals surface area contributed by atoms with Crippen molar-refractivity contribution >= 4 is 21.2 Å². The van der Waals surface area contributed by atoms with Crippen molar-refractivity contribution < 1.29 is 35.1 Å². The normalized spacial score (nSPS) is 13.9. The van der Waals surface area contributed by atoms with E-state index in [2.05, 4.69) is 20.7 Å². The van der Waals surface area contributed by atoms with E-state index in [4.69, 9.17) is 0 Å². The second kappa shape index (κ2) is 10.5. The molecule has 0 saturated carbocycles. The Morgan fingerprint density at radius 3 is 2.32 bits per heavy atom. The van der Waals surface area contributed by atoms with Crippen molar-refractivity contribution in [1.29, 1.82) is 0 Å². The van der Waals surface area contributed by atoms with Crippen LogP contribution in [-0.4, -0.2) is 30.8 Å². The highest BCUT2D eigenvalue weighted by Crippen LogP contribution is 2.38. The third-order valence-electron chi connectivity index (χ3n) is 6.23. The molecule has 0 amide bonds. The molecule has 4 aromatic rings. The second-order valence-corrected chi connectivity index (χ2v) is 11.1. The zero-order valence-electron chi connectivity index (χ0n) is 21.4. The maximum Gasteiger partial charge on any atom is 0.434 e. The molecule has 2 N–H and O–H groups in total. The lowest BCUT2D eigenvalue weighted by Gasteiger charge is -2.26. The SMILES string of the molecule is Cc1nc(C(F)(F)F)cn1-c1ccc(-c2cccc(S(C)(=O)=O)c2)cc1N1NNC=C1c1cccc(OC(F)F)c1. The molecule has 214 valence electrons. The quantitative estimate of drug-likeness (QED) is 0.267. The van der Waals surface area contributed by atoms with Gasteiger partial charge in [0.05, 0.1) is 22.0 Å². The first-order valence-corrected chi connectivity index (χ1v) is 13.9. The van der Waals surface area contributed by atoms with E-state index in [0.717, 1.165) is 12.5 Å². The van der Waals surface area contributed by atoms with E-state index in [1.165, 1.54) is 46.8 Å². The van der Waals surface area contributed by atoms with Gasteiger partial charge >= 0.3 is 12.8 Å². The van der Waals surface area contributed by atoms with Gasteiger partial charge in [0.2, 0.25) is 0 Å². The van der Waals surface area contributed by atoms with Crippen molar-refractivity contribution in [2.24, 2.45) is 0 Å². The highest BCUT2D eigenvalue weighted by atomic mass is 32.2. The van der Waals surface area contributed by atoms with E-state index >= 15 is 0 Å². The van der Waals surface area contributed by atoms with Crippen molar-refractivity contribution in [2.75, 3.05) is 11.3 Å². The summed E-state index contributed by atoms with van der Waals surface area (Å²) in [5.74, 6) is -0.0208. The first kappa shape index (κ1) is 28.1. The first-order valence-electron chi connectivity index (χ1n) is 12.0. The zero-order chi connectivity index (χ0) is 29.5. The monoisotopic (exact) mass is 591 g/mol. The molecule has 0 spiro atoms. The molecular formula is C27H22F5N5O3S. The highest BCUT2D eigenvalue weighted by molar-refractivity contribution is 7.90. The van der Waals surface area contributed by atoms with Gasteiger partial charge in [-0.15, -0.1) is 5.53 Å². The number of benzene rings is 3. The fraction of sp³-hybridized carbons (Fsp3) is 0.148. The minimum atomic E-state index is -4.67. The van der Waals surface area contributed by atoms with Crippen LogP contribution in [0.2, 0.25) is 0 Å². The molecule has 1 aliphatic rings. The average Bonchev–Trinajstić information content (AvgIpc) is 3.55. The van der Waals surface area contributed by atoms with Crippen LogP contribution in [0.1, 0.15) is 17.1 Å². The molecule has 1 aromatic heterocycles. The Labute approximate surface area is 231 Å². The van der Waals surface area contributed by atoms with Crippen LogP contribution in [0.3, 0.4) is 0 Å². The van der Waals surface area contributed by atoms with E-state index in [1.807, 2.05) is 0 Å². The van der Waals surface area contributed by atoms with Crippen LogP contribution in [0, 0.1) is 6.92 Å². The minimum absolute atomic E-state index is 0.0652. The van der Waals surface area contributed by atoms with E-state index in [-0.39, 0.29) is 16.5 Å². The van der Waals surface area contributed by atoms with E-state index in [9.17, 15) is 30.4 Å². The predicted molar refractivity (Wildman–Crippen MR) is 142 cm³/mol. The van der Waals surface area contributed by atoms with Crippen molar-refractivity contribution in [2.45, 2.75) is 24.6 Å². The van der Waals surface area contributed by atoms with Crippen LogP contribution in [0.15, 0.2) is 84.0 Å². The highest BCUT2D eigenvalue weighted by Gasteiger charge is 2.35. The van der Waals surface area contributed by atoms with Crippen LogP contribution in [0.25, 0.3) is 22.5 Å². The third-order valence-corrected chi connectivity index (χ3v) is 7.34. The molecule has 0 aliphatic carbocycles. The van der Waals surface area contributed by atoms with Gasteiger partial charge in [-0.05, 0) is 54.4 Å². The van der Waals surface area contributed by atoms with Gasteiger partial charge < -0.3 is 14.7 Å². The van der Waals surface area contributed by atoms with E-state index in [0.29, 0.717) is 33.8 Å². The summed E-state index contributed by atoms with van der Waals surface area (Å²) in [4.78, 5) is 3.77. The number of aromatic nitrogens is 2. The number of hydrazine groups is 2. The van der Waals surface area contributed by atoms with Gasteiger partial charge in [-0.2, -0.15) is 22.0 Å². The Bertz CT molecular complexity index is 1750. The Kier molecular flexibility index (Phi) is 7.21. The second-order valence-electron chi connectivity index (χ2n) is 9.07. The Hall–Kier alpha value is -4.43. The number of halogens is 5. The van der Waals surface area contributed by atoms with Gasteiger partial charge in [0.25, 0.3) is 0 Å². The van der Waals surface area contributed by atoms with Crippen molar-refractivity contribution in [3.05, 3.63) is 96.2 Å². The molecule has 0 bridgehead atoms. The predicted octanol–water partition coefficient (Wildman–Crippen LogP) is 5.70. The van der Waals surface area contributed by atoms with E-state index in [1.54, 1.807) is 42.6 Å². The van der Waals surface area contributed by atoms with Gasteiger partial charge in [-0.25, -0.2) is 13.4 Å². The molecule has 0 radical (unpaired) electrons. The lowest BCUT2D eigenvalue weighted by Crippen LogP contribution is -2.37. The summed E-state index contributed by atoms with van der Waals surface area (Å²) in [7, 11) is -3.51. The average molecular weight is 592 g/mol. The first-order chi connectivity index (χ1) is 19.3. The number of rotatable bonds is 7. The van der Waals surface area contributed by atoms with Gasteiger partial charge in [-0.1, -0.05) is 30.3 Å². The molecule has 0 saturated heterocycles. The van der Waals surface area contributed by atoms with Gasteiger partial charge in [0, 0.05) is 24.2 Å². The molecule has 41 heavy (non-hydrogen) atoms. The number of aryl methyl sites for hydroxylation is 1. The third kappa shape index (κ3) is 5.88. The molecule has 1 aliphatic heterocycles. The number of hydrogen-bond donors (Lipinski definition) is 2. The summed E-state index contributed by atoms with van der Waals surface area (Å²) in [5, 5.41) is 1.52. The number of ether oxygens (including phenoxy) is 1. The molecule has 8 nitrogen and oxygen atoms in total. The van der Waals surface area contributed by atoms with Crippen LogP contribution in [0.4, 0.5) is 27.6 Å². The standard InChI is InChI=1S/C27H22F5N5O3S/c1-16-34-25(27(30,31)32)15-36(16)22-10-9-18(17-5-4-8-21(12-17)41(2,38)39)13-23(22)37-24(14-33-35-37)19-6-3-7-20(11-19)40-26(28)29/h3-15,26,33,35H,1-2H3. The maximum absolute atomic E-state index is 13.5. The Morgan fingerprint density at radius 2 is 1.63 bits per heavy atom. The Morgan fingerprint density at radius 1 is 0.927 bits per heavy atom. The summed E-state index contributed by atoms with van der Waals surface area (Å²) in [5.41, 5.74) is 7.30. The topological polar surface area (TPSA) is 88.5 Å². The molecule has 0 atom stereocenters. The molecule has 5 rings (SSSR count). The lowest BCUT2D eigenvalue weighted by molar-refractivity contribution is -0.141. The number of alkyl halides is 5. The number of sulfone groups is 1. The molecule has 2 heterocycles. The summed E-state index contributed by atoms with van der Waals surface area (Å²) in [6.45, 7) is -1.60. The maximum atomic E-state index is 13.5. The molecule has 0 unspecified atom stereocenters. The molecule has 14 heteroatoms. The number of hydrogen-bond acceptors (Lipinski definition) is 7. The van der Waals surface area contributed by atoms with Gasteiger partial charge in [0.1, 0.15) is 11.6 Å². The van der Waals surface area contributed by atoms with Crippen molar-refractivity contribution in [3.8, 4) is 22.6 Å². The number of imidazole rings is 1. The number of anilines is 1.